The fourth-order valence-corrected chi connectivity index (χ4v) is 1.91. The van der Waals surface area contributed by atoms with Gasteiger partial charge >= 0.3 is 0 Å². The van der Waals surface area contributed by atoms with Crippen LogP contribution in [0.5, 0.6) is 0 Å². The van der Waals surface area contributed by atoms with Gasteiger partial charge in [-0.15, -0.1) is 12.4 Å². The molecule has 0 spiro atoms. The summed E-state index contributed by atoms with van der Waals surface area (Å²) in [5.41, 5.74) is 5.41. The van der Waals surface area contributed by atoms with E-state index in [0.29, 0.717) is 6.54 Å². The van der Waals surface area contributed by atoms with Crippen LogP contribution in [0.1, 0.15) is 33.1 Å². The molecule has 2 unspecified atom stereocenters. The predicted octanol–water partition coefficient (Wildman–Crippen LogP) is 0.520. The summed E-state index contributed by atoms with van der Waals surface area (Å²) in [6, 6.07) is -0.449. The number of rotatable bonds is 4. The molecule has 0 aromatic carbocycles. The Morgan fingerprint density at radius 2 is 1.78 bits per heavy atom. The molecule has 0 radical (unpaired) electrons. The first kappa shape index (κ1) is 17.2. The molecule has 6 heteroatoms. The van der Waals surface area contributed by atoms with Crippen LogP contribution in [0.3, 0.4) is 0 Å². The number of carbonyl (C=O) groups is 2. The molecule has 0 saturated carbocycles. The van der Waals surface area contributed by atoms with Crippen molar-refractivity contribution in [1.29, 1.82) is 0 Å². The predicted molar refractivity (Wildman–Crippen MR) is 73.5 cm³/mol. The van der Waals surface area contributed by atoms with Gasteiger partial charge in [0, 0.05) is 25.6 Å². The van der Waals surface area contributed by atoms with E-state index >= 15 is 0 Å². The number of nitrogens with zero attached hydrogens (tertiary/aromatic N) is 1. The number of halogens is 1. The minimum Gasteiger partial charge on any atom is -0.344 e. The Kier molecular flexibility index (Phi) is 7.95. The topological polar surface area (TPSA) is 75.4 Å². The second-order valence-corrected chi connectivity index (χ2v) is 4.75. The van der Waals surface area contributed by atoms with E-state index in [9.17, 15) is 9.59 Å². The maximum Gasteiger partial charge on any atom is 0.244 e. The Balaban J connectivity index is 0.00000289. The lowest BCUT2D eigenvalue weighted by Gasteiger charge is -2.29. The van der Waals surface area contributed by atoms with Gasteiger partial charge < -0.3 is 16.0 Å². The summed E-state index contributed by atoms with van der Waals surface area (Å²) in [4.78, 5) is 25.5. The summed E-state index contributed by atoms with van der Waals surface area (Å²) >= 11 is 0. The number of nitrogens with one attached hydrogen (secondary N) is 1. The van der Waals surface area contributed by atoms with Crippen LogP contribution < -0.4 is 11.1 Å². The molecule has 1 rings (SSSR count). The van der Waals surface area contributed by atoms with E-state index in [1.165, 1.54) is 6.42 Å². The van der Waals surface area contributed by atoms with Crippen LogP contribution in [-0.2, 0) is 9.59 Å². The first-order valence-electron chi connectivity index (χ1n) is 6.35. The molecule has 1 aliphatic heterocycles. The molecule has 0 bridgehead atoms. The minimum atomic E-state index is -0.449. The highest BCUT2D eigenvalue weighted by molar-refractivity contribution is 5.88. The summed E-state index contributed by atoms with van der Waals surface area (Å²) in [5, 5.41) is 2.72. The molecule has 5 nitrogen and oxygen atoms in total. The number of likely N-dealkylation sites (tertiary alicyclic amines) is 1. The third kappa shape index (κ3) is 4.82. The number of hydrogen-bond donors (Lipinski definition) is 2. The van der Waals surface area contributed by atoms with Crippen molar-refractivity contribution < 1.29 is 9.59 Å². The summed E-state index contributed by atoms with van der Waals surface area (Å²) < 4.78 is 0. The number of hydrogen-bond acceptors (Lipinski definition) is 3. The van der Waals surface area contributed by atoms with E-state index in [2.05, 4.69) is 5.32 Å². The molecular formula is C12H24ClN3O2. The maximum absolute atomic E-state index is 12.0. The molecule has 3 N–H and O–H groups in total. The van der Waals surface area contributed by atoms with Crippen LogP contribution in [-0.4, -0.2) is 42.4 Å². The zero-order valence-electron chi connectivity index (χ0n) is 11.1. The molecule has 0 aromatic rings. The largest absolute Gasteiger partial charge is 0.344 e. The number of nitrogens with two attached hydrogens (primary N) is 1. The Morgan fingerprint density at radius 1 is 1.22 bits per heavy atom. The monoisotopic (exact) mass is 277 g/mol. The van der Waals surface area contributed by atoms with E-state index in [-0.39, 0.29) is 30.1 Å². The zero-order valence-corrected chi connectivity index (χ0v) is 12.0. The molecule has 2 amide bonds. The number of piperidine rings is 1. The average Bonchev–Trinajstić information content (AvgIpc) is 2.37. The first-order valence-corrected chi connectivity index (χ1v) is 6.35. The quantitative estimate of drug-likeness (QED) is 0.787. The van der Waals surface area contributed by atoms with Crippen molar-refractivity contribution in [2.75, 3.05) is 19.6 Å². The van der Waals surface area contributed by atoms with Crippen molar-refractivity contribution in [2.45, 2.75) is 39.2 Å². The van der Waals surface area contributed by atoms with E-state index in [0.717, 1.165) is 25.9 Å². The van der Waals surface area contributed by atoms with Crippen LogP contribution in [0.4, 0.5) is 0 Å². The molecule has 1 heterocycles. The molecule has 0 aromatic heterocycles. The SMILES string of the molecule is CC(CN)C(=O)NC(C)C(=O)N1CCCCC1.Cl. The zero-order chi connectivity index (χ0) is 12.8. The van der Waals surface area contributed by atoms with Crippen LogP contribution in [0.15, 0.2) is 0 Å². The third-order valence-electron chi connectivity index (χ3n) is 3.20. The van der Waals surface area contributed by atoms with Crippen LogP contribution in [0.2, 0.25) is 0 Å². The Labute approximate surface area is 115 Å². The average molecular weight is 278 g/mol. The normalized spacial score (nSPS) is 18.5. The molecule has 1 aliphatic rings. The van der Waals surface area contributed by atoms with E-state index in [1.54, 1.807) is 13.8 Å². The summed E-state index contributed by atoms with van der Waals surface area (Å²) in [6.07, 6.45) is 3.31. The van der Waals surface area contributed by atoms with Gasteiger partial charge in [0.05, 0.1) is 0 Å². The van der Waals surface area contributed by atoms with E-state index in [4.69, 9.17) is 5.73 Å². The van der Waals surface area contributed by atoms with Crippen molar-refractivity contribution in [2.24, 2.45) is 11.7 Å². The highest BCUT2D eigenvalue weighted by Gasteiger charge is 2.24. The summed E-state index contributed by atoms with van der Waals surface area (Å²) in [7, 11) is 0. The Hall–Kier alpha value is -0.810. The smallest absolute Gasteiger partial charge is 0.244 e. The minimum absolute atomic E-state index is 0. The lowest BCUT2D eigenvalue weighted by molar-refractivity contribution is -0.137. The van der Waals surface area contributed by atoms with E-state index < -0.39 is 6.04 Å². The van der Waals surface area contributed by atoms with Crippen molar-refractivity contribution in [3.8, 4) is 0 Å². The number of carbonyl (C=O) groups excluding carboxylic acids is 2. The van der Waals surface area contributed by atoms with Crippen molar-refractivity contribution >= 4 is 24.2 Å². The van der Waals surface area contributed by atoms with Crippen molar-refractivity contribution in [3.63, 3.8) is 0 Å². The van der Waals surface area contributed by atoms with Crippen molar-refractivity contribution in [1.82, 2.24) is 10.2 Å². The summed E-state index contributed by atoms with van der Waals surface area (Å²) in [6.45, 7) is 5.42. The lowest BCUT2D eigenvalue weighted by Crippen LogP contribution is -2.50. The van der Waals surface area contributed by atoms with Gasteiger partial charge in [0.15, 0.2) is 0 Å². The Bertz CT molecular complexity index is 280. The molecule has 106 valence electrons. The lowest BCUT2D eigenvalue weighted by atomic mass is 10.1. The van der Waals surface area contributed by atoms with Gasteiger partial charge in [-0.3, -0.25) is 9.59 Å². The van der Waals surface area contributed by atoms with Crippen molar-refractivity contribution in [3.05, 3.63) is 0 Å². The van der Waals surface area contributed by atoms with Gasteiger partial charge in [0.2, 0.25) is 11.8 Å². The number of amides is 2. The van der Waals surface area contributed by atoms with Gasteiger partial charge in [-0.25, -0.2) is 0 Å². The second kappa shape index (κ2) is 8.32. The van der Waals surface area contributed by atoms with Gasteiger partial charge in [0.1, 0.15) is 6.04 Å². The van der Waals surface area contributed by atoms with Gasteiger partial charge in [-0.1, -0.05) is 6.92 Å². The van der Waals surface area contributed by atoms with E-state index in [1.807, 2.05) is 4.90 Å². The van der Waals surface area contributed by atoms with Crippen LogP contribution >= 0.6 is 12.4 Å². The third-order valence-corrected chi connectivity index (χ3v) is 3.20. The second-order valence-electron chi connectivity index (χ2n) is 4.75. The maximum atomic E-state index is 12.0. The molecule has 1 fully saturated rings. The summed E-state index contributed by atoms with van der Waals surface area (Å²) in [5.74, 6) is -0.376. The first-order chi connectivity index (χ1) is 8.06. The highest BCUT2D eigenvalue weighted by Crippen LogP contribution is 2.10. The Morgan fingerprint density at radius 3 is 2.28 bits per heavy atom. The van der Waals surface area contributed by atoms with Crippen LogP contribution in [0, 0.1) is 5.92 Å². The molecular weight excluding hydrogens is 254 g/mol. The molecule has 18 heavy (non-hydrogen) atoms. The molecule has 1 saturated heterocycles. The highest BCUT2D eigenvalue weighted by atomic mass is 35.5. The van der Waals surface area contributed by atoms with Gasteiger partial charge in [-0.2, -0.15) is 0 Å². The van der Waals surface area contributed by atoms with Crippen LogP contribution in [0.25, 0.3) is 0 Å². The molecule has 2 atom stereocenters. The fourth-order valence-electron chi connectivity index (χ4n) is 1.91. The van der Waals surface area contributed by atoms with Gasteiger partial charge in [0.25, 0.3) is 0 Å². The molecule has 0 aliphatic carbocycles. The fraction of sp³-hybridized carbons (Fsp3) is 0.833. The standard InChI is InChI=1S/C12H23N3O2.ClH/c1-9(8-13)11(16)14-10(2)12(17)15-6-4-3-5-7-15;/h9-10H,3-8,13H2,1-2H3,(H,14,16);1H. The van der Waals surface area contributed by atoms with Gasteiger partial charge in [-0.05, 0) is 26.2 Å².